The Morgan fingerprint density at radius 3 is 2.87 bits per heavy atom. The highest BCUT2D eigenvalue weighted by Crippen LogP contribution is 2.11. The molecule has 0 radical (unpaired) electrons. The molecule has 1 aromatic rings. The van der Waals surface area contributed by atoms with Gasteiger partial charge < -0.3 is 9.57 Å². The fraction of sp³-hybridized carbons (Fsp3) is 0.364. The molecule has 1 aromatic carbocycles. The largest absolute Gasteiger partial charge is 0.393 e. The first kappa shape index (κ1) is 12.0. The first-order chi connectivity index (χ1) is 7.24. The molecule has 0 saturated heterocycles. The first-order valence-electron chi connectivity index (χ1n) is 4.65. The van der Waals surface area contributed by atoms with Crippen molar-refractivity contribution in [3.63, 3.8) is 0 Å². The van der Waals surface area contributed by atoms with E-state index in [1.807, 2.05) is 31.2 Å². The topological polar surface area (TPSA) is 30.8 Å². The van der Waals surface area contributed by atoms with Gasteiger partial charge in [-0.2, -0.15) is 0 Å². The van der Waals surface area contributed by atoms with Crippen LogP contribution in [0, 0.1) is 0 Å². The van der Waals surface area contributed by atoms with Gasteiger partial charge in [-0.05, 0) is 19.1 Å². The van der Waals surface area contributed by atoms with E-state index in [0.29, 0.717) is 18.2 Å². The van der Waals surface area contributed by atoms with Gasteiger partial charge in [-0.25, -0.2) is 0 Å². The molecule has 3 nitrogen and oxygen atoms in total. The molecule has 0 aliphatic carbocycles. The Labute approximate surface area is 94.6 Å². The van der Waals surface area contributed by atoms with Crippen molar-refractivity contribution >= 4 is 17.3 Å². The maximum atomic E-state index is 5.86. The number of nitrogens with zero attached hydrogens (tertiary/aromatic N) is 1. The molecule has 0 bridgehead atoms. The first-order valence-corrected chi connectivity index (χ1v) is 5.03. The summed E-state index contributed by atoms with van der Waals surface area (Å²) in [7, 11) is 1.62. The predicted octanol–water partition coefficient (Wildman–Crippen LogP) is 2.73. The van der Waals surface area contributed by atoms with Crippen molar-refractivity contribution in [2.45, 2.75) is 6.92 Å². The zero-order valence-electron chi connectivity index (χ0n) is 8.87. The van der Waals surface area contributed by atoms with Gasteiger partial charge in [0.1, 0.15) is 6.61 Å². The molecule has 0 amide bonds. The van der Waals surface area contributed by atoms with Gasteiger partial charge in [-0.15, -0.1) is 0 Å². The van der Waals surface area contributed by atoms with Crippen LogP contribution in [0.5, 0.6) is 0 Å². The highest BCUT2D eigenvalue weighted by molar-refractivity contribution is 6.31. The molecule has 0 saturated carbocycles. The van der Waals surface area contributed by atoms with Crippen LogP contribution >= 0.6 is 11.6 Å². The van der Waals surface area contributed by atoms with E-state index in [4.69, 9.17) is 21.2 Å². The third kappa shape index (κ3) is 4.32. The van der Waals surface area contributed by atoms with Crippen molar-refractivity contribution in [1.29, 1.82) is 0 Å². The van der Waals surface area contributed by atoms with Crippen LogP contribution in [0.25, 0.3) is 0 Å². The molecule has 0 N–H and O–H groups in total. The lowest BCUT2D eigenvalue weighted by Crippen LogP contribution is -2.01. The predicted molar refractivity (Wildman–Crippen MR) is 61.5 cm³/mol. The molecular weight excluding hydrogens is 214 g/mol. The molecule has 4 heteroatoms. The lowest BCUT2D eigenvalue weighted by Gasteiger charge is -2.02. The molecule has 0 heterocycles. The van der Waals surface area contributed by atoms with Gasteiger partial charge in [0.15, 0.2) is 0 Å². The van der Waals surface area contributed by atoms with E-state index in [-0.39, 0.29) is 0 Å². The summed E-state index contributed by atoms with van der Waals surface area (Å²) in [6.07, 6.45) is 0. The van der Waals surface area contributed by atoms with E-state index < -0.39 is 0 Å². The Hall–Kier alpha value is -1.06. The molecule has 15 heavy (non-hydrogen) atoms. The SMILES string of the molecule is COCCO/N=C(\C)c1cccc(Cl)c1. The molecule has 1 rings (SSSR count). The van der Waals surface area contributed by atoms with Crippen LogP contribution in [0.2, 0.25) is 5.02 Å². The molecule has 0 aromatic heterocycles. The van der Waals surface area contributed by atoms with E-state index in [2.05, 4.69) is 5.16 Å². The van der Waals surface area contributed by atoms with Crippen LogP contribution in [0.1, 0.15) is 12.5 Å². The molecule has 82 valence electrons. The molecule has 0 fully saturated rings. The van der Waals surface area contributed by atoms with Crippen LogP contribution in [-0.4, -0.2) is 26.0 Å². The smallest absolute Gasteiger partial charge is 0.140 e. The number of benzene rings is 1. The summed E-state index contributed by atoms with van der Waals surface area (Å²) in [4.78, 5) is 5.05. The summed E-state index contributed by atoms with van der Waals surface area (Å²) in [6, 6.07) is 7.49. The molecule has 0 aliphatic rings. The van der Waals surface area contributed by atoms with Crippen molar-refractivity contribution in [1.82, 2.24) is 0 Å². The molecular formula is C11H14ClNO2. The van der Waals surface area contributed by atoms with Crippen LogP contribution in [0.3, 0.4) is 0 Å². The number of methoxy groups -OCH3 is 1. The maximum Gasteiger partial charge on any atom is 0.140 e. The average Bonchev–Trinajstić information content (AvgIpc) is 2.24. The summed E-state index contributed by atoms with van der Waals surface area (Å²) < 4.78 is 4.83. The summed E-state index contributed by atoms with van der Waals surface area (Å²) >= 11 is 5.86. The van der Waals surface area contributed by atoms with E-state index in [9.17, 15) is 0 Å². The van der Waals surface area contributed by atoms with Crippen molar-refractivity contribution < 1.29 is 9.57 Å². The number of hydrogen-bond acceptors (Lipinski definition) is 3. The zero-order chi connectivity index (χ0) is 11.1. The number of oxime groups is 1. The van der Waals surface area contributed by atoms with Crippen LogP contribution in [0.4, 0.5) is 0 Å². The van der Waals surface area contributed by atoms with Crippen molar-refractivity contribution in [3.8, 4) is 0 Å². The number of hydrogen-bond donors (Lipinski definition) is 0. The third-order valence-corrected chi connectivity index (χ3v) is 2.06. The van der Waals surface area contributed by atoms with E-state index in [1.165, 1.54) is 0 Å². The lowest BCUT2D eigenvalue weighted by atomic mass is 10.1. The second-order valence-electron chi connectivity index (χ2n) is 3.01. The molecule has 0 atom stereocenters. The summed E-state index contributed by atoms with van der Waals surface area (Å²) in [5, 5.41) is 4.64. The highest BCUT2D eigenvalue weighted by Gasteiger charge is 1.98. The fourth-order valence-electron chi connectivity index (χ4n) is 1.03. The highest BCUT2D eigenvalue weighted by atomic mass is 35.5. The van der Waals surface area contributed by atoms with Crippen molar-refractivity contribution in [2.24, 2.45) is 5.16 Å². The third-order valence-electron chi connectivity index (χ3n) is 1.82. The van der Waals surface area contributed by atoms with Crippen LogP contribution in [-0.2, 0) is 9.57 Å². The summed E-state index contributed by atoms with van der Waals surface area (Å²) in [5.41, 5.74) is 1.76. The lowest BCUT2D eigenvalue weighted by molar-refractivity contribution is 0.0751. The van der Waals surface area contributed by atoms with Gasteiger partial charge in [0.25, 0.3) is 0 Å². The van der Waals surface area contributed by atoms with E-state index >= 15 is 0 Å². The van der Waals surface area contributed by atoms with Crippen molar-refractivity contribution in [3.05, 3.63) is 34.9 Å². The Balaban J connectivity index is 2.55. The van der Waals surface area contributed by atoms with Gasteiger partial charge in [-0.3, -0.25) is 0 Å². The molecule has 0 spiro atoms. The van der Waals surface area contributed by atoms with Gasteiger partial charge in [0.2, 0.25) is 0 Å². The monoisotopic (exact) mass is 227 g/mol. The van der Waals surface area contributed by atoms with Gasteiger partial charge in [0, 0.05) is 17.7 Å². The number of halogens is 1. The van der Waals surface area contributed by atoms with Crippen LogP contribution < -0.4 is 0 Å². The van der Waals surface area contributed by atoms with Gasteiger partial charge in [-0.1, -0.05) is 28.9 Å². The van der Waals surface area contributed by atoms with E-state index in [1.54, 1.807) is 7.11 Å². The molecule has 0 aliphatic heterocycles. The Kier molecular flexibility index (Phi) is 5.15. The standard InChI is InChI=1S/C11H14ClNO2/c1-9(13-15-7-6-14-2)10-4-3-5-11(12)8-10/h3-5,8H,6-7H2,1-2H3/b13-9+. The Morgan fingerprint density at radius 2 is 2.20 bits per heavy atom. The minimum atomic E-state index is 0.453. The summed E-state index contributed by atoms with van der Waals surface area (Å²) in [5.74, 6) is 0. The number of ether oxygens (including phenoxy) is 1. The minimum absolute atomic E-state index is 0.453. The fourth-order valence-corrected chi connectivity index (χ4v) is 1.22. The van der Waals surface area contributed by atoms with Gasteiger partial charge in [0.05, 0.1) is 12.3 Å². The second-order valence-corrected chi connectivity index (χ2v) is 3.45. The maximum absolute atomic E-state index is 5.86. The van der Waals surface area contributed by atoms with Gasteiger partial charge >= 0.3 is 0 Å². The number of rotatable bonds is 5. The van der Waals surface area contributed by atoms with Crippen LogP contribution in [0.15, 0.2) is 29.4 Å². The zero-order valence-corrected chi connectivity index (χ0v) is 9.62. The Morgan fingerprint density at radius 1 is 1.40 bits per heavy atom. The van der Waals surface area contributed by atoms with Crippen molar-refractivity contribution in [2.75, 3.05) is 20.3 Å². The van der Waals surface area contributed by atoms with E-state index in [0.717, 1.165) is 11.3 Å². The summed E-state index contributed by atoms with van der Waals surface area (Å²) in [6.45, 7) is 2.86. The second kappa shape index (κ2) is 6.43. The quantitative estimate of drug-likeness (QED) is 0.440. The minimum Gasteiger partial charge on any atom is -0.393 e. The average molecular weight is 228 g/mol. The molecule has 0 unspecified atom stereocenters. The normalized spacial score (nSPS) is 11.5. The Bertz CT molecular complexity index is 339.